The molecule has 5 rings (SSSR count). The molecule has 4 aromatic rings. The molecule has 0 unspecified atom stereocenters. The first-order valence-electron chi connectivity index (χ1n) is 13.0. The van der Waals surface area contributed by atoms with Crippen LogP contribution in [-0.2, 0) is 23.0 Å². The summed E-state index contributed by atoms with van der Waals surface area (Å²) in [6.07, 6.45) is 2.78. The molecule has 0 bridgehead atoms. The van der Waals surface area contributed by atoms with Crippen molar-refractivity contribution in [3.05, 3.63) is 94.6 Å². The predicted octanol–water partition coefficient (Wildman–Crippen LogP) is 6.12. The number of ether oxygens (including phenoxy) is 1. The van der Waals surface area contributed by atoms with E-state index in [1.165, 1.54) is 5.56 Å². The molecule has 0 amide bonds. The zero-order chi connectivity index (χ0) is 26.5. The summed E-state index contributed by atoms with van der Waals surface area (Å²) < 4.78 is 35.8. The predicted molar refractivity (Wildman–Crippen MR) is 153 cm³/mol. The number of nitrogens with zero attached hydrogens (tertiary/aromatic N) is 3. The summed E-state index contributed by atoms with van der Waals surface area (Å²) in [4.78, 5) is 6.05. The lowest BCUT2D eigenvalue weighted by atomic mass is 9.91. The van der Waals surface area contributed by atoms with E-state index >= 15 is 0 Å². The van der Waals surface area contributed by atoms with E-state index in [1.807, 2.05) is 42.5 Å². The first-order chi connectivity index (χ1) is 18.5. The second kappa shape index (κ2) is 11.7. The van der Waals surface area contributed by atoms with Crippen LogP contribution in [0.2, 0.25) is 0 Å². The van der Waals surface area contributed by atoms with Crippen molar-refractivity contribution in [2.45, 2.75) is 37.6 Å². The molecule has 1 fully saturated rings. The molecule has 3 aromatic carbocycles. The summed E-state index contributed by atoms with van der Waals surface area (Å²) in [7, 11) is -1.87. The molecular formula is C30H33N3O3S2. The highest BCUT2D eigenvalue weighted by molar-refractivity contribution is 7.89. The van der Waals surface area contributed by atoms with Gasteiger partial charge >= 0.3 is 0 Å². The average Bonchev–Trinajstić information content (AvgIpc) is 3.36. The number of hydrogen-bond acceptors (Lipinski definition) is 5. The van der Waals surface area contributed by atoms with Crippen LogP contribution in [0.4, 0.5) is 5.69 Å². The van der Waals surface area contributed by atoms with Gasteiger partial charge in [0.2, 0.25) is 10.0 Å². The van der Waals surface area contributed by atoms with Crippen LogP contribution in [0.5, 0.6) is 5.75 Å². The van der Waals surface area contributed by atoms with Crippen LogP contribution in [0.3, 0.4) is 0 Å². The largest absolute Gasteiger partial charge is 0.497 e. The molecule has 6 nitrogen and oxygen atoms in total. The molecular weight excluding hydrogens is 514 g/mol. The van der Waals surface area contributed by atoms with E-state index in [4.69, 9.17) is 9.73 Å². The quantitative estimate of drug-likeness (QED) is 0.267. The van der Waals surface area contributed by atoms with Gasteiger partial charge in [0.15, 0.2) is 4.80 Å². The normalized spacial score (nSPS) is 15.6. The highest BCUT2D eigenvalue weighted by atomic mass is 32.2. The fourth-order valence-electron chi connectivity index (χ4n) is 4.97. The summed E-state index contributed by atoms with van der Waals surface area (Å²) in [5.74, 6) is 1.32. The molecule has 1 aliphatic heterocycles. The van der Waals surface area contributed by atoms with Gasteiger partial charge in [0.1, 0.15) is 5.75 Å². The van der Waals surface area contributed by atoms with Crippen molar-refractivity contribution in [3.8, 4) is 17.0 Å². The Morgan fingerprint density at radius 3 is 2.26 bits per heavy atom. The molecule has 0 atom stereocenters. The minimum absolute atomic E-state index is 0.351. The van der Waals surface area contributed by atoms with E-state index in [9.17, 15) is 8.42 Å². The first kappa shape index (κ1) is 26.4. The van der Waals surface area contributed by atoms with Crippen LogP contribution in [0, 0.1) is 5.92 Å². The lowest BCUT2D eigenvalue weighted by molar-refractivity contribution is 0.273. The maximum absolute atomic E-state index is 13.4. The Bertz CT molecular complexity index is 1520. The number of hydrogen-bond donors (Lipinski definition) is 0. The van der Waals surface area contributed by atoms with E-state index in [-0.39, 0.29) is 0 Å². The fraction of sp³-hybridized carbons (Fsp3) is 0.300. The van der Waals surface area contributed by atoms with Gasteiger partial charge in [0.25, 0.3) is 0 Å². The molecule has 0 N–H and O–H groups in total. The Morgan fingerprint density at radius 2 is 1.63 bits per heavy atom. The van der Waals surface area contributed by atoms with Gasteiger partial charge in [-0.25, -0.2) is 13.4 Å². The fourth-order valence-corrected chi connectivity index (χ4v) is 7.43. The van der Waals surface area contributed by atoms with Crippen LogP contribution in [0.15, 0.2) is 94.1 Å². The van der Waals surface area contributed by atoms with E-state index in [2.05, 4.69) is 41.1 Å². The SMILES string of the molecule is CCn1c(-c2ccc(S(=O)(=O)N3CCC(Cc4ccccc4)CC3)cc2)csc1=Nc1ccc(OC)cc1. The Labute approximate surface area is 228 Å². The molecule has 0 saturated carbocycles. The number of sulfonamides is 1. The molecule has 1 aromatic heterocycles. The topological polar surface area (TPSA) is 63.9 Å². The summed E-state index contributed by atoms with van der Waals surface area (Å²) in [5, 5.41) is 2.08. The van der Waals surface area contributed by atoms with Gasteiger partial charge in [-0.2, -0.15) is 4.31 Å². The molecule has 198 valence electrons. The van der Waals surface area contributed by atoms with E-state index in [0.29, 0.717) is 23.9 Å². The van der Waals surface area contributed by atoms with Crippen molar-refractivity contribution in [1.29, 1.82) is 0 Å². The molecule has 8 heteroatoms. The summed E-state index contributed by atoms with van der Waals surface area (Å²) in [6.45, 7) is 3.98. The summed E-state index contributed by atoms with van der Waals surface area (Å²) in [5.41, 5.74) is 4.17. The number of thiazole rings is 1. The van der Waals surface area contributed by atoms with E-state index in [0.717, 1.165) is 53.3 Å². The van der Waals surface area contributed by atoms with Crippen molar-refractivity contribution >= 4 is 27.0 Å². The zero-order valence-electron chi connectivity index (χ0n) is 21.8. The van der Waals surface area contributed by atoms with Crippen LogP contribution in [0.1, 0.15) is 25.3 Å². The molecule has 2 heterocycles. The van der Waals surface area contributed by atoms with E-state index in [1.54, 1.807) is 34.9 Å². The Balaban J connectivity index is 1.30. The zero-order valence-corrected chi connectivity index (χ0v) is 23.4. The minimum atomic E-state index is -3.51. The van der Waals surface area contributed by atoms with Crippen molar-refractivity contribution in [1.82, 2.24) is 8.87 Å². The maximum atomic E-state index is 13.4. The van der Waals surface area contributed by atoms with Gasteiger partial charge in [0, 0.05) is 25.0 Å². The summed E-state index contributed by atoms with van der Waals surface area (Å²) >= 11 is 1.57. The third kappa shape index (κ3) is 5.77. The number of benzene rings is 3. The van der Waals surface area contributed by atoms with Gasteiger partial charge in [-0.3, -0.25) is 0 Å². The highest BCUT2D eigenvalue weighted by Crippen LogP contribution is 2.28. The van der Waals surface area contributed by atoms with Crippen LogP contribution in [0.25, 0.3) is 11.3 Å². The van der Waals surface area contributed by atoms with Gasteiger partial charge in [0.05, 0.1) is 23.4 Å². The third-order valence-corrected chi connectivity index (χ3v) is 9.92. The van der Waals surface area contributed by atoms with Gasteiger partial charge in [-0.05, 0) is 79.6 Å². The standard InChI is InChI=1S/C30H33N3O3S2/c1-3-33-29(22-37-30(33)31-26-11-13-27(36-2)14-12-26)25-9-15-28(16-10-25)38(34,35)32-19-17-24(18-20-32)21-23-7-5-4-6-8-23/h4-16,22,24H,3,17-21H2,1-2H3. The summed E-state index contributed by atoms with van der Waals surface area (Å²) in [6, 6.07) is 25.4. The number of methoxy groups -OCH3 is 1. The molecule has 0 spiro atoms. The number of rotatable bonds is 8. The molecule has 1 saturated heterocycles. The van der Waals surface area contributed by atoms with Gasteiger partial charge in [-0.15, -0.1) is 11.3 Å². The monoisotopic (exact) mass is 547 g/mol. The van der Waals surface area contributed by atoms with Crippen molar-refractivity contribution in [2.24, 2.45) is 10.9 Å². The van der Waals surface area contributed by atoms with Crippen LogP contribution >= 0.6 is 11.3 Å². The molecule has 0 aliphatic carbocycles. The van der Waals surface area contributed by atoms with Crippen molar-refractivity contribution in [2.75, 3.05) is 20.2 Å². The molecule has 1 aliphatic rings. The van der Waals surface area contributed by atoms with E-state index < -0.39 is 10.0 Å². The van der Waals surface area contributed by atoms with Gasteiger partial charge in [-0.1, -0.05) is 42.5 Å². The number of aromatic nitrogens is 1. The first-order valence-corrected chi connectivity index (χ1v) is 15.3. The maximum Gasteiger partial charge on any atom is 0.243 e. The smallest absolute Gasteiger partial charge is 0.243 e. The number of piperidine rings is 1. The highest BCUT2D eigenvalue weighted by Gasteiger charge is 2.29. The lowest BCUT2D eigenvalue weighted by Gasteiger charge is -2.31. The second-order valence-electron chi connectivity index (χ2n) is 9.52. The van der Waals surface area contributed by atoms with Crippen molar-refractivity contribution < 1.29 is 13.2 Å². The molecule has 0 radical (unpaired) electrons. The average molecular weight is 548 g/mol. The second-order valence-corrected chi connectivity index (χ2v) is 12.3. The van der Waals surface area contributed by atoms with Crippen LogP contribution in [-0.4, -0.2) is 37.5 Å². The Morgan fingerprint density at radius 1 is 0.947 bits per heavy atom. The van der Waals surface area contributed by atoms with Crippen LogP contribution < -0.4 is 9.54 Å². The third-order valence-electron chi connectivity index (χ3n) is 7.14. The lowest BCUT2D eigenvalue weighted by Crippen LogP contribution is -2.38. The van der Waals surface area contributed by atoms with Gasteiger partial charge < -0.3 is 9.30 Å². The Kier molecular flexibility index (Phi) is 8.12. The Hall–Kier alpha value is -3.20. The molecule has 38 heavy (non-hydrogen) atoms. The minimum Gasteiger partial charge on any atom is -0.497 e. The van der Waals surface area contributed by atoms with Crippen molar-refractivity contribution in [3.63, 3.8) is 0 Å².